The first-order valence-corrected chi connectivity index (χ1v) is 23.6. The molecule has 0 aromatic rings. The smallest absolute Gasteiger partial charge is 0.104 e. The van der Waals surface area contributed by atoms with Gasteiger partial charge in [0.2, 0.25) is 0 Å². The summed E-state index contributed by atoms with van der Waals surface area (Å²) in [4.78, 5) is 4.48. The van der Waals surface area contributed by atoms with Gasteiger partial charge in [-0.3, -0.25) is 9.80 Å². The third-order valence-electron chi connectivity index (χ3n) is 11.3. The quantitative estimate of drug-likeness (QED) is 0.0541. The molecular formula is C44H98N8O13. The van der Waals surface area contributed by atoms with Gasteiger partial charge < -0.3 is 96.2 Å². The number of nitrogens with zero attached hydrogens (tertiary/aromatic N) is 2. The average Bonchev–Trinajstić information content (AvgIpc) is 4.13. The van der Waals surface area contributed by atoms with E-state index in [9.17, 15) is 15.3 Å². The molecule has 65 heavy (non-hydrogen) atoms. The Morgan fingerprint density at radius 2 is 0.938 bits per heavy atom. The molecule has 0 aromatic heterocycles. The fourth-order valence-corrected chi connectivity index (χ4v) is 6.72. The van der Waals surface area contributed by atoms with Crippen LogP contribution in [-0.2, 0) is 42.6 Å². The Morgan fingerprint density at radius 1 is 0.615 bits per heavy atom. The molecule has 0 aliphatic carbocycles. The molecule has 0 radical (unpaired) electrons. The minimum absolute atomic E-state index is 0. The lowest BCUT2D eigenvalue weighted by atomic mass is 9.88. The standard InChI is InChI=1S/C21H44N4O6.C15H26O6.C6H18N4.CH4O.CH4.H2/c1-2-21-15-29-12-18(26)9-22-3-6-25(7-4-23-10-19(27)13-30-16-21)8-5-24-11-20(28)14-31-17-21;1-2-15(9-16-3-12-6-19-12,10-17-4-13-7-20-13)11-18-5-14-8-21-14;7-1-4-10(5-2-8)6-3-9;1-2;;/h18-20,22-24,26-28H,2-17H2,1H3;12-14H,2-11H2,1H3;1-9H2;2H,1H3;1H4;1H/i;;;;;1+1. The Balaban J connectivity index is 0.00000104. The van der Waals surface area contributed by atoms with Crippen molar-refractivity contribution in [1.29, 1.82) is 0 Å². The molecule has 392 valence electrons. The van der Waals surface area contributed by atoms with Gasteiger partial charge in [0.05, 0.1) is 117 Å². The van der Waals surface area contributed by atoms with Crippen molar-refractivity contribution in [3.8, 4) is 0 Å². The van der Waals surface area contributed by atoms with Crippen molar-refractivity contribution < 1.29 is 64.5 Å². The van der Waals surface area contributed by atoms with Crippen molar-refractivity contribution in [3.63, 3.8) is 0 Å². The van der Waals surface area contributed by atoms with Gasteiger partial charge >= 0.3 is 0 Å². The maximum absolute atomic E-state index is 10.3. The Bertz CT molecular complexity index is 962. The first-order valence-electron chi connectivity index (χ1n) is 23.6. The lowest BCUT2D eigenvalue weighted by Crippen LogP contribution is -2.45. The highest BCUT2D eigenvalue weighted by Gasteiger charge is 2.35. The maximum Gasteiger partial charge on any atom is 0.104 e. The van der Waals surface area contributed by atoms with Gasteiger partial charge in [0, 0.05) is 118 Å². The molecule has 6 atom stereocenters. The van der Waals surface area contributed by atoms with E-state index in [2.05, 4.69) is 32.7 Å². The first kappa shape index (κ1) is 62.2. The van der Waals surface area contributed by atoms with Crippen LogP contribution in [0.2, 0.25) is 0 Å². The SMILES string of the molecule is C.CCC(COCC1CO1)(COCC1CO1)COCC1CO1.CCC12COCC(O)CNCCN(CCNCC(O)COC1)CCNCC(O)COC2.CO.NCCN(CCN)CCN.[2HH]. The zero-order valence-electron chi connectivity index (χ0n) is 39.7. The van der Waals surface area contributed by atoms with E-state index >= 15 is 0 Å². The molecule has 6 heterocycles. The predicted molar refractivity (Wildman–Crippen MR) is 253 cm³/mol. The molecule has 6 aliphatic heterocycles. The summed E-state index contributed by atoms with van der Waals surface area (Å²) in [7, 11) is 1.00. The van der Waals surface area contributed by atoms with Crippen molar-refractivity contribution in [1.82, 2.24) is 25.8 Å². The molecule has 0 aromatic carbocycles. The van der Waals surface area contributed by atoms with Crippen molar-refractivity contribution >= 4 is 0 Å². The van der Waals surface area contributed by atoms with E-state index in [0.29, 0.717) is 117 Å². The van der Waals surface area contributed by atoms with Gasteiger partial charge in [-0.15, -0.1) is 0 Å². The van der Waals surface area contributed by atoms with E-state index < -0.39 is 23.7 Å². The van der Waals surface area contributed by atoms with Crippen molar-refractivity contribution in [3.05, 3.63) is 0 Å². The number of nitrogens with two attached hydrogens (primary N) is 3. The largest absolute Gasteiger partial charge is 0.400 e. The van der Waals surface area contributed by atoms with Gasteiger partial charge in [0.1, 0.15) is 18.3 Å². The van der Waals surface area contributed by atoms with Gasteiger partial charge in [-0.25, -0.2) is 0 Å². The van der Waals surface area contributed by atoms with Gasteiger partial charge in [0.15, 0.2) is 0 Å². The summed E-state index contributed by atoms with van der Waals surface area (Å²) in [5.41, 5.74) is 15.6. The molecule has 0 spiro atoms. The Kier molecular flexibility index (Phi) is 37.3. The van der Waals surface area contributed by atoms with Crippen LogP contribution in [0.3, 0.4) is 0 Å². The summed E-state index contributed by atoms with van der Waals surface area (Å²) in [6.07, 6.45) is 0.817. The van der Waals surface area contributed by atoms with Crippen molar-refractivity contribution in [2.75, 3.05) is 204 Å². The summed E-state index contributed by atoms with van der Waals surface area (Å²) in [6.45, 7) is 23.4. The number of rotatable bonds is 20. The molecule has 6 rings (SSSR count). The second-order valence-electron chi connectivity index (χ2n) is 17.3. The second-order valence-corrected chi connectivity index (χ2v) is 17.3. The monoisotopic (exact) mass is 948 g/mol. The van der Waals surface area contributed by atoms with Crippen molar-refractivity contribution in [2.45, 2.75) is 70.7 Å². The Hall–Kier alpha value is -0.840. The number of aliphatic hydroxyl groups is 4. The van der Waals surface area contributed by atoms with E-state index in [1.54, 1.807) is 0 Å². The summed E-state index contributed by atoms with van der Waals surface area (Å²) in [6, 6.07) is 0. The number of ether oxygens (including phenoxy) is 9. The third kappa shape index (κ3) is 31.8. The molecule has 6 unspecified atom stereocenters. The second kappa shape index (κ2) is 38.9. The number of hydrogen-bond donors (Lipinski definition) is 10. The minimum atomic E-state index is -0.588. The van der Waals surface area contributed by atoms with Crippen LogP contribution in [0.4, 0.5) is 0 Å². The fraction of sp³-hybridized carbons (Fsp3) is 1.00. The highest BCUT2D eigenvalue weighted by Crippen LogP contribution is 2.27. The fourth-order valence-electron chi connectivity index (χ4n) is 6.72. The molecule has 2 bridgehead atoms. The summed E-state index contributed by atoms with van der Waals surface area (Å²) in [5, 5.41) is 47.7. The summed E-state index contributed by atoms with van der Waals surface area (Å²) < 4.78 is 50.5. The zero-order chi connectivity index (χ0) is 46.7. The zero-order valence-corrected chi connectivity index (χ0v) is 39.7. The summed E-state index contributed by atoms with van der Waals surface area (Å²) in [5.74, 6) is 0. The maximum atomic E-state index is 10.3. The summed E-state index contributed by atoms with van der Waals surface area (Å²) >= 11 is 0. The Morgan fingerprint density at radius 3 is 1.20 bits per heavy atom. The normalized spacial score (nSPS) is 30.0. The minimum Gasteiger partial charge on any atom is -0.400 e. The van der Waals surface area contributed by atoms with Crippen LogP contribution in [0.25, 0.3) is 0 Å². The molecule has 6 aliphatic rings. The van der Waals surface area contributed by atoms with Crippen LogP contribution in [0.5, 0.6) is 0 Å². The number of hydrogen-bond acceptors (Lipinski definition) is 21. The van der Waals surface area contributed by atoms with Crippen LogP contribution in [0.15, 0.2) is 0 Å². The van der Waals surface area contributed by atoms with Crippen LogP contribution < -0.4 is 33.2 Å². The molecule has 13 N–H and O–H groups in total. The Labute approximate surface area is 392 Å². The van der Waals surface area contributed by atoms with Crippen molar-refractivity contribution in [2.24, 2.45) is 28.0 Å². The lowest BCUT2D eigenvalue weighted by Gasteiger charge is -2.33. The average molecular weight is 948 g/mol. The van der Waals surface area contributed by atoms with Gasteiger partial charge in [-0.2, -0.15) is 0 Å². The van der Waals surface area contributed by atoms with Crippen LogP contribution in [0, 0.1) is 10.8 Å². The van der Waals surface area contributed by atoms with E-state index in [0.717, 1.165) is 98.7 Å². The molecule has 6 saturated heterocycles. The third-order valence-corrected chi connectivity index (χ3v) is 11.3. The first-order chi connectivity index (χ1) is 31.2. The van der Waals surface area contributed by atoms with Crippen LogP contribution in [0.1, 0.15) is 35.5 Å². The number of aliphatic hydroxyl groups excluding tert-OH is 4. The molecule has 6 fully saturated rings. The van der Waals surface area contributed by atoms with Gasteiger partial charge in [0.25, 0.3) is 0 Å². The topological polar surface area (TPSA) is 295 Å². The van der Waals surface area contributed by atoms with Gasteiger partial charge in [-0.05, 0) is 12.8 Å². The molecular weight excluding hydrogens is 849 g/mol. The number of nitrogens with one attached hydrogen (secondary N) is 3. The highest BCUT2D eigenvalue weighted by molar-refractivity contribution is 4.82. The van der Waals surface area contributed by atoms with Gasteiger partial charge in [-0.1, -0.05) is 21.3 Å². The number of fused-ring (bicyclic) bond motifs is 21. The molecule has 0 amide bonds. The van der Waals surface area contributed by atoms with Crippen LogP contribution >= 0.6 is 0 Å². The van der Waals surface area contributed by atoms with Crippen LogP contribution in [-0.4, -0.2) is 271 Å². The highest BCUT2D eigenvalue weighted by atomic mass is 16.6. The predicted octanol–water partition coefficient (Wildman–Crippen LogP) is -3.10. The van der Waals surface area contributed by atoms with E-state index in [-0.39, 0.29) is 34.1 Å². The number of epoxide rings is 3. The molecule has 0 saturated carbocycles. The van der Waals surface area contributed by atoms with E-state index in [1.807, 2.05) is 6.92 Å². The van der Waals surface area contributed by atoms with E-state index in [1.165, 1.54) is 0 Å². The molecule has 21 heteroatoms. The van der Waals surface area contributed by atoms with E-state index in [4.69, 9.17) is 64.9 Å². The lowest BCUT2D eigenvalue weighted by molar-refractivity contribution is -0.0995. The molecule has 21 nitrogen and oxygen atoms in total.